The van der Waals surface area contributed by atoms with Crippen molar-refractivity contribution in [3.8, 4) is 0 Å². The molecule has 1 aromatic rings. The number of rotatable bonds is 3. The number of nitrogens with zero attached hydrogens (tertiary/aromatic N) is 2. The maximum absolute atomic E-state index is 12.2. The second-order valence-corrected chi connectivity index (χ2v) is 4.62. The minimum Gasteiger partial charge on any atom is -0.481 e. The van der Waals surface area contributed by atoms with Crippen LogP contribution in [-0.4, -0.2) is 40.0 Å². The van der Waals surface area contributed by atoms with Crippen LogP contribution in [0.15, 0.2) is 24.5 Å². The Morgan fingerprint density at radius 1 is 1.56 bits per heavy atom. The Morgan fingerprint density at radius 3 is 2.89 bits per heavy atom. The maximum Gasteiger partial charge on any atom is 0.308 e. The summed E-state index contributed by atoms with van der Waals surface area (Å²) in [6.07, 6.45) is 3.88. The molecule has 1 N–H and O–H groups in total. The molecule has 2 atom stereocenters. The molecule has 1 amide bonds. The van der Waals surface area contributed by atoms with E-state index >= 15 is 0 Å². The van der Waals surface area contributed by atoms with Gasteiger partial charge in [0.25, 0.3) is 0 Å². The van der Waals surface area contributed by atoms with Crippen LogP contribution in [0.4, 0.5) is 0 Å². The van der Waals surface area contributed by atoms with Gasteiger partial charge in [0.2, 0.25) is 5.91 Å². The van der Waals surface area contributed by atoms with Gasteiger partial charge in [-0.2, -0.15) is 0 Å². The van der Waals surface area contributed by atoms with Crippen LogP contribution < -0.4 is 0 Å². The van der Waals surface area contributed by atoms with Gasteiger partial charge >= 0.3 is 5.97 Å². The molecule has 1 aliphatic rings. The maximum atomic E-state index is 12.2. The van der Waals surface area contributed by atoms with Gasteiger partial charge in [-0.05, 0) is 25.0 Å². The summed E-state index contributed by atoms with van der Waals surface area (Å²) >= 11 is 0. The number of carboxylic acids is 1. The molecule has 2 rings (SSSR count). The minimum absolute atomic E-state index is 0.0215. The van der Waals surface area contributed by atoms with E-state index in [0.29, 0.717) is 19.5 Å². The summed E-state index contributed by atoms with van der Waals surface area (Å²) < 4.78 is 0. The van der Waals surface area contributed by atoms with Crippen molar-refractivity contribution in [2.24, 2.45) is 5.92 Å². The van der Waals surface area contributed by atoms with E-state index in [1.807, 2.05) is 13.0 Å². The zero-order chi connectivity index (χ0) is 13.1. The third-order valence-corrected chi connectivity index (χ3v) is 3.40. The molecule has 0 bridgehead atoms. The molecule has 2 unspecified atom stereocenters. The predicted molar refractivity (Wildman–Crippen MR) is 65.0 cm³/mol. The molecule has 5 nitrogen and oxygen atoms in total. The Morgan fingerprint density at radius 2 is 2.33 bits per heavy atom. The number of carbonyl (C=O) groups is 2. The lowest BCUT2D eigenvalue weighted by molar-refractivity contribution is -0.141. The van der Waals surface area contributed by atoms with Crippen molar-refractivity contribution in [2.75, 3.05) is 13.1 Å². The van der Waals surface area contributed by atoms with E-state index in [2.05, 4.69) is 4.98 Å². The Labute approximate surface area is 105 Å². The molecule has 0 aliphatic carbocycles. The van der Waals surface area contributed by atoms with Crippen molar-refractivity contribution in [1.82, 2.24) is 9.88 Å². The van der Waals surface area contributed by atoms with Crippen LogP contribution in [0, 0.1) is 5.92 Å². The first-order valence-electron chi connectivity index (χ1n) is 6.01. The lowest BCUT2D eigenvalue weighted by Gasteiger charge is -2.20. The van der Waals surface area contributed by atoms with Gasteiger partial charge in [0.1, 0.15) is 0 Å². The van der Waals surface area contributed by atoms with Gasteiger partial charge < -0.3 is 10.0 Å². The van der Waals surface area contributed by atoms with Crippen LogP contribution in [0.2, 0.25) is 0 Å². The van der Waals surface area contributed by atoms with Crippen LogP contribution in [0.3, 0.4) is 0 Å². The molecule has 18 heavy (non-hydrogen) atoms. The topological polar surface area (TPSA) is 70.5 Å². The zero-order valence-corrected chi connectivity index (χ0v) is 10.2. The summed E-state index contributed by atoms with van der Waals surface area (Å²) in [6, 6.07) is 3.66. The van der Waals surface area contributed by atoms with Gasteiger partial charge in [0.05, 0.1) is 11.8 Å². The van der Waals surface area contributed by atoms with Gasteiger partial charge in [-0.25, -0.2) is 0 Å². The molecule has 0 spiro atoms. The van der Waals surface area contributed by atoms with Crippen molar-refractivity contribution in [1.29, 1.82) is 0 Å². The smallest absolute Gasteiger partial charge is 0.308 e. The average Bonchev–Trinajstić information content (AvgIpc) is 2.88. The molecule has 0 saturated carbocycles. The van der Waals surface area contributed by atoms with Crippen LogP contribution in [0.25, 0.3) is 0 Å². The minimum atomic E-state index is -0.820. The fraction of sp³-hybridized carbons (Fsp3) is 0.462. The van der Waals surface area contributed by atoms with Crippen molar-refractivity contribution < 1.29 is 14.7 Å². The molecule has 96 valence electrons. The lowest BCUT2D eigenvalue weighted by Crippen LogP contribution is -2.33. The molecular weight excluding hydrogens is 232 g/mol. The molecule has 0 radical (unpaired) electrons. The molecular formula is C13H16N2O3. The second-order valence-electron chi connectivity index (χ2n) is 4.62. The molecule has 1 saturated heterocycles. The number of hydrogen-bond donors (Lipinski definition) is 1. The first-order valence-corrected chi connectivity index (χ1v) is 6.01. The number of pyridine rings is 1. The summed E-state index contributed by atoms with van der Waals surface area (Å²) in [5, 5.41) is 8.92. The van der Waals surface area contributed by atoms with Crippen LogP contribution in [-0.2, 0) is 9.59 Å². The van der Waals surface area contributed by atoms with Crippen molar-refractivity contribution in [3.63, 3.8) is 0 Å². The molecule has 1 aromatic heterocycles. The summed E-state index contributed by atoms with van der Waals surface area (Å²) in [4.78, 5) is 28.7. The molecule has 2 heterocycles. The lowest BCUT2D eigenvalue weighted by atomic mass is 10.0. The van der Waals surface area contributed by atoms with Gasteiger partial charge in [-0.1, -0.05) is 6.07 Å². The van der Waals surface area contributed by atoms with Gasteiger partial charge in [-0.3, -0.25) is 14.6 Å². The van der Waals surface area contributed by atoms with E-state index in [-0.39, 0.29) is 11.8 Å². The Hall–Kier alpha value is -1.91. The van der Waals surface area contributed by atoms with Crippen molar-refractivity contribution in [2.45, 2.75) is 19.3 Å². The van der Waals surface area contributed by atoms with Crippen LogP contribution >= 0.6 is 0 Å². The summed E-state index contributed by atoms with van der Waals surface area (Å²) in [5.41, 5.74) is 0.862. The summed E-state index contributed by atoms with van der Waals surface area (Å²) in [7, 11) is 0. The number of aromatic nitrogens is 1. The van der Waals surface area contributed by atoms with E-state index in [4.69, 9.17) is 5.11 Å². The normalized spacial score (nSPS) is 20.7. The summed E-state index contributed by atoms with van der Waals surface area (Å²) in [5.74, 6) is -1.53. The third kappa shape index (κ3) is 2.50. The standard InChI is InChI=1S/C13H16N2O3/c1-9(10-3-2-5-14-7-10)12(16)15-6-4-11(8-15)13(17)18/h2-3,5,7,9,11H,4,6,8H2,1H3,(H,17,18). The molecule has 0 aromatic carbocycles. The van der Waals surface area contributed by atoms with Crippen LogP contribution in [0.5, 0.6) is 0 Å². The number of likely N-dealkylation sites (tertiary alicyclic amines) is 1. The first kappa shape index (κ1) is 12.5. The molecule has 1 aliphatic heterocycles. The summed E-state index contributed by atoms with van der Waals surface area (Å²) in [6.45, 7) is 2.67. The highest BCUT2D eigenvalue weighted by atomic mass is 16.4. The van der Waals surface area contributed by atoms with E-state index in [0.717, 1.165) is 5.56 Å². The van der Waals surface area contributed by atoms with Gasteiger partial charge in [-0.15, -0.1) is 0 Å². The van der Waals surface area contributed by atoms with Crippen LogP contribution in [0.1, 0.15) is 24.8 Å². The SMILES string of the molecule is CC(C(=O)N1CCC(C(=O)O)C1)c1cccnc1. The largest absolute Gasteiger partial charge is 0.481 e. The van der Waals surface area contributed by atoms with Gasteiger partial charge in [0.15, 0.2) is 0 Å². The van der Waals surface area contributed by atoms with Crippen molar-refractivity contribution in [3.05, 3.63) is 30.1 Å². The number of hydrogen-bond acceptors (Lipinski definition) is 3. The van der Waals surface area contributed by atoms with E-state index in [9.17, 15) is 9.59 Å². The number of carbonyl (C=O) groups excluding carboxylic acids is 1. The number of aliphatic carboxylic acids is 1. The van der Waals surface area contributed by atoms with E-state index in [1.54, 1.807) is 23.4 Å². The second kappa shape index (κ2) is 5.16. The van der Waals surface area contributed by atoms with E-state index in [1.165, 1.54) is 0 Å². The monoisotopic (exact) mass is 248 g/mol. The van der Waals surface area contributed by atoms with Crippen molar-refractivity contribution >= 4 is 11.9 Å². The number of amides is 1. The quantitative estimate of drug-likeness (QED) is 0.870. The highest BCUT2D eigenvalue weighted by molar-refractivity contribution is 5.84. The fourth-order valence-electron chi connectivity index (χ4n) is 2.21. The fourth-order valence-corrected chi connectivity index (χ4v) is 2.21. The average molecular weight is 248 g/mol. The predicted octanol–water partition coefficient (Wildman–Crippen LogP) is 1.12. The zero-order valence-electron chi connectivity index (χ0n) is 10.2. The first-order chi connectivity index (χ1) is 8.59. The van der Waals surface area contributed by atoms with Gasteiger partial charge in [0, 0.05) is 25.5 Å². The Kier molecular flexibility index (Phi) is 3.60. The molecule has 5 heteroatoms. The third-order valence-electron chi connectivity index (χ3n) is 3.40. The molecule has 1 fully saturated rings. The van der Waals surface area contributed by atoms with E-state index < -0.39 is 11.9 Å². The Balaban J connectivity index is 2.02. The Bertz CT molecular complexity index is 447. The number of carboxylic acid groups (broad SMARTS) is 1. The highest BCUT2D eigenvalue weighted by Gasteiger charge is 2.32. The highest BCUT2D eigenvalue weighted by Crippen LogP contribution is 2.22.